The van der Waals surface area contributed by atoms with Crippen LogP contribution < -0.4 is 10.6 Å². The summed E-state index contributed by atoms with van der Waals surface area (Å²) in [4.78, 5) is 12.1. The summed E-state index contributed by atoms with van der Waals surface area (Å²) >= 11 is 0. The molecule has 1 saturated carbocycles. The molecule has 1 rings (SSSR count). The summed E-state index contributed by atoms with van der Waals surface area (Å²) < 4.78 is 0. The van der Waals surface area contributed by atoms with Gasteiger partial charge in [0.05, 0.1) is 0 Å². The van der Waals surface area contributed by atoms with Gasteiger partial charge in [0.25, 0.3) is 0 Å². The van der Waals surface area contributed by atoms with Crippen LogP contribution in [0.5, 0.6) is 0 Å². The Labute approximate surface area is 112 Å². The molecule has 1 atom stereocenters. The van der Waals surface area contributed by atoms with Crippen LogP contribution in [0, 0.1) is 11.8 Å². The number of carbonyl (C=O) groups is 1. The van der Waals surface area contributed by atoms with E-state index >= 15 is 0 Å². The predicted octanol–water partition coefficient (Wildman–Crippen LogP) is 2.71. The van der Waals surface area contributed by atoms with Crippen molar-refractivity contribution in [3.05, 3.63) is 0 Å². The molecule has 0 heterocycles. The summed E-state index contributed by atoms with van der Waals surface area (Å²) in [5, 5.41) is 6.12. The second-order valence-corrected chi connectivity index (χ2v) is 5.62. The Morgan fingerprint density at radius 2 is 1.94 bits per heavy atom. The van der Waals surface area contributed by atoms with E-state index in [2.05, 4.69) is 17.6 Å². The lowest BCUT2D eigenvalue weighted by molar-refractivity contribution is -0.125. The molecule has 1 aliphatic carbocycles. The fraction of sp³-hybridized carbons (Fsp3) is 0.933. The van der Waals surface area contributed by atoms with E-state index < -0.39 is 0 Å². The number of rotatable bonds is 8. The molecule has 2 N–H and O–H groups in total. The number of hydrogen-bond donors (Lipinski definition) is 2. The molecule has 0 aliphatic heterocycles. The van der Waals surface area contributed by atoms with Crippen molar-refractivity contribution in [3.8, 4) is 0 Å². The van der Waals surface area contributed by atoms with Crippen molar-refractivity contribution in [1.82, 2.24) is 10.6 Å². The van der Waals surface area contributed by atoms with Crippen LogP contribution in [-0.4, -0.2) is 26.0 Å². The maximum absolute atomic E-state index is 12.1. The van der Waals surface area contributed by atoms with Gasteiger partial charge < -0.3 is 10.6 Å². The Morgan fingerprint density at radius 1 is 1.22 bits per heavy atom. The van der Waals surface area contributed by atoms with E-state index in [9.17, 15) is 4.79 Å². The van der Waals surface area contributed by atoms with Gasteiger partial charge in [-0.2, -0.15) is 0 Å². The average molecular weight is 254 g/mol. The van der Waals surface area contributed by atoms with Gasteiger partial charge in [-0.25, -0.2) is 0 Å². The topological polar surface area (TPSA) is 41.1 Å². The van der Waals surface area contributed by atoms with E-state index in [1.165, 1.54) is 32.1 Å². The Balaban J connectivity index is 2.34. The van der Waals surface area contributed by atoms with Gasteiger partial charge in [-0.1, -0.05) is 45.4 Å². The second-order valence-electron chi connectivity index (χ2n) is 5.62. The summed E-state index contributed by atoms with van der Waals surface area (Å²) in [5.41, 5.74) is 0. The van der Waals surface area contributed by atoms with Crippen LogP contribution in [0.2, 0.25) is 0 Å². The minimum atomic E-state index is 0.245. The van der Waals surface area contributed by atoms with Crippen LogP contribution in [0.4, 0.5) is 0 Å². The second kappa shape index (κ2) is 9.37. The zero-order valence-corrected chi connectivity index (χ0v) is 12.1. The zero-order valence-electron chi connectivity index (χ0n) is 12.1. The fourth-order valence-electron chi connectivity index (χ4n) is 2.98. The molecule has 18 heavy (non-hydrogen) atoms. The van der Waals surface area contributed by atoms with Crippen molar-refractivity contribution < 1.29 is 4.79 Å². The lowest BCUT2D eigenvalue weighted by Gasteiger charge is -2.26. The molecule has 106 valence electrons. The third-order valence-corrected chi connectivity index (χ3v) is 4.02. The van der Waals surface area contributed by atoms with Crippen molar-refractivity contribution in [3.63, 3.8) is 0 Å². The quantitative estimate of drug-likeness (QED) is 0.654. The van der Waals surface area contributed by atoms with Gasteiger partial charge in [0.2, 0.25) is 5.91 Å². The minimum absolute atomic E-state index is 0.245. The first-order valence-electron chi connectivity index (χ1n) is 7.70. The summed E-state index contributed by atoms with van der Waals surface area (Å²) in [6.07, 6.45) is 10.1. The standard InChI is InChI=1S/C15H30N2O/c1-3-7-14(15(18)17-11-10-16-2)12-13-8-5-4-6-9-13/h13-14,16H,3-12H2,1-2H3,(H,17,18). The first kappa shape index (κ1) is 15.5. The molecule has 1 aliphatic rings. The zero-order chi connectivity index (χ0) is 13.2. The summed E-state index contributed by atoms with van der Waals surface area (Å²) in [6.45, 7) is 3.78. The van der Waals surface area contributed by atoms with Crippen LogP contribution >= 0.6 is 0 Å². The first-order chi connectivity index (χ1) is 8.77. The van der Waals surface area contributed by atoms with Crippen molar-refractivity contribution in [2.45, 2.75) is 58.3 Å². The van der Waals surface area contributed by atoms with Gasteiger partial charge in [0, 0.05) is 19.0 Å². The SMILES string of the molecule is CCCC(CC1CCCCC1)C(=O)NCCNC. The van der Waals surface area contributed by atoms with E-state index in [1.54, 1.807) is 0 Å². The summed E-state index contributed by atoms with van der Waals surface area (Å²) in [7, 11) is 1.91. The van der Waals surface area contributed by atoms with Crippen molar-refractivity contribution in [2.24, 2.45) is 11.8 Å². The molecule has 1 amide bonds. The molecule has 0 bridgehead atoms. The van der Waals surface area contributed by atoms with E-state index in [4.69, 9.17) is 0 Å². The van der Waals surface area contributed by atoms with E-state index in [1.807, 2.05) is 7.05 Å². The molecular weight excluding hydrogens is 224 g/mol. The molecule has 0 aromatic heterocycles. The monoisotopic (exact) mass is 254 g/mol. The van der Waals surface area contributed by atoms with E-state index in [0.717, 1.165) is 38.3 Å². The van der Waals surface area contributed by atoms with Crippen LogP contribution in [0.15, 0.2) is 0 Å². The molecule has 0 spiro atoms. The highest BCUT2D eigenvalue weighted by Gasteiger charge is 2.23. The maximum atomic E-state index is 12.1. The summed E-state index contributed by atoms with van der Waals surface area (Å²) in [5.74, 6) is 1.32. The van der Waals surface area contributed by atoms with Crippen LogP contribution in [0.3, 0.4) is 0 Å². The predicted molar refractivity (Wildman–Crippen MR) is 76.5 cm³/mol. The summed E-state index contributed by atoms with van der Waals surface area (Å²) in [6, 6.07) is 0. The molecule has 1 fully saturated rings. The highest BCUT2D eigenvalue weighted by Crippen LogP contribution is 2.30. The van der Waals surface area contributed by atoms with Crippen LogP contribution in [-0.2, 0) is 4.79 Å². The Bertz CT molecular complexity index is 225. The van der Waals surface area contributed by atoms with Gasteiger partial charge in [-0.05, 0) is 25.8 Å². The van der Waals surface area contributed by atoms with Crippen LogP contribution in [0.25, 0.3) is 0 Å². The van der Waals surface area contributed by atoms with Crippen molar-refractivity contribution >= 4 is 5.91 Å². The Kier molecular flexibility index (Phi) is 8.06. The molecule has 1 unspecified atom stereocenters. The van der Waals surface area contributed by atoms with Gasteiger partial charge in [0.15, 0.2) is 0 Å². The molecule has 0 aromatic carbocycles. The lowest BCUT2D eigenvalue weighted by Crippen LogP contribution is -2.36. The van der Waals surface area contributed by atoms with Crippen LogP contribution in [0.1, 0.15) is 58.3 Å². The van der Waals surface area contributed by atoms with Gasteiger partial charge in [-0.15, -0.1) is 0 Å². The molecule has 0 radical (unpaired) electrons. The third-order valence-electron chi connectivity index (χ3n) is 4.02. The highest BCUT2D eigenvalue weighted by atomic mass is 16.1. The third kappa shape index (κ3) is 5.85. The molecule has 3 heteroatoms. The van der Waals surface area contributed by atoms with E-state index in [0.29, 0.717) is 0 Å². The van der Waals surface area contributed by atoms with Crippen molar-refractivity contribution in [1.29, 1.82) is 0 Å². The molecule has 0 aromatic rings. The average Bonchev–Trinajstić information content (AvgIpc) is 2.39. The largest absolute Gasteiger partial charge is 0.355 e. The number of nitrogens with one attached hydrogen (secondary N) is 2. The number of hydrogen-bond acceptors (Lipinski definition) is 2. The molecule has 3 nitrogen and oxygen atoms in total. The normalized spacial score (nSPS) is 18.6. The highest BCUT2D eigenvalue weighted by molar-refractivity contribution is 5.78. The van der Waals surface area contributed by atoms with Gasteiger partial charge in [-0.3, -0.25) is 4.79 Å². The van der Waals surface area contributed by atoms with E-state index in [-0.39, 0.29) is 11.8 Å². The Morgan fingerprint density at radius 3 is 2.56 bits per heavy atom. The molecule has 0 saturated heterocycles. The minimum Gasteiger partial charge on any atom is -0.355 e. The molecular formula is C15H30N2O. The van der Waals surface area contributed by atoms with Gasteiger partial charge >= 0.3 is 0 Å². The maximum Gasteiger partial charge on any atom is 0.223 e. The number of likely N-dealkylation sites (N-methyl/N-ethyl adjacent to an activating group) is 1. The van der Waals surface area contributed by atoms with Crippen molar-refractivity contribution in [2.75, 3.05) is 20.1 Å². The Hall–Kier alpha value is -0.570. The fourth-order valence-corrected chi connectivity index (χ4v) is 2.98. The first-order valence-corrected chi connectivity index (χ1v) is 7.70. The smallest absolute Gasteiger partial charge is 0.223 e. The van der Waals surface area contributed by atoms with Gasteiger partial charge in [0.1, 0.15) is 0 Å². The lowest BCUT2D eigenvalue weighted by atomic mass is 9.81. The number of amides is 1. The number of carbonyl (C=O) groups excluding carboxylic acids is 1.